The van der Waals surface area contributed by atoms with Crippen molar-refractivity contribution in [2.75, 3.05) is 32.6 Å². The fourth-order valence-electron chi connectivity index (χ4n) is 3.45. The van der Waals surface area contributed by atoms with E-state index in [0.29, 0.717) is 13.1 Å². The minimum absolute atomic E-state index is 0.0996. The van der Waals surface area contributed by atoms with Gasteiger partial charge in [-0.15, -0.1) is 11.3 Å². The molecule has 1 aromatic carbocycles. The number of aromatic nitrogens is 3. The molecule has 0 saturated heterocycles. The zero-order chi connectivity index (χ0) is 19.7. The molecule has 4 rings (SSSR count). The van der Waals surface area contributed by atoms with Crippen LogP contribution >= 0.6 is 11.3 Å². The first-order chi connectivity index (χ1) is 13.7. The fraction of sp³-hybridized carbons (Fsp3) is 0.300. The fourth-order valence-corrected chi connectivity index (χ4v) is 4.60. The largest absolute Gasteiger partial charge is 0.495 e. The van der Waals surface area contributed by atoms with Gasteiger partial charge in [-0.25, -0.2) is 9.50 Å². The Bertz CT molecular complexity index is 1130. The van der Waals surface area contributed by atoms with Crippen LogP contribution in [-0.2, 0) is 6.54 Å². The SMILES string of the molecule is CNc1ncnn2c(CNCCO)cc(-c3cc4cc(C)cc(OC)c4s3)c12. The molecule has 0 aliphatic rings. The van der Waals surface area contributed by atoms with E-state index in [1.54, 1.807) is 24.8 Å². The van der Waals surface area contributed by atoms with Gasteiger partial charge in [0.2, 0.25) is 0 Å². The van der Waals surface area contributed by atoms with Crippen LogP contribution in [-0.4, -0.2) is 47.0 Å². The third-order valence-electron chi connectivity index (χ3n) is 4.67. The second-order valence-electron chi connectivity index (χ2n) is 6.56. The molecular formula is C20H23N5O2S. The standard InChI is InChI=1S/C20H23N5O2S/c1-12-6-13-8-17(28-19(13)16(7-12)27-3)15-9-14(10-22-4-5-26)25-18(15)20(21-2)23-11-24-25/h6-9,11,22,26H,4-5,10H2,1-3H3,(H,21,23,24). The number of fused-ring (bicyclic) bond motifs is 2. The van der Waals surface area contributed by atoms with E-state index in [1.807, 2.05) is 11.6 Å². The summed E-state index contributed by atoms with van der Waals surface area (Å²) >= 11 is 1.70. The van der Waals surface area contributed by atoms with Crippen molar-refractivity contribution < 1.29 is 9.84 Å². The highest BCUT2D eigenvalue weighted by Crippen LogP contribution is 2.42. The van der Waals surface area contributed by atoms with Gasteiger partial charge in [-0.05, 0) is 36.1 Å². The molecule has 0 radical (unpaired) electrons. The minimum Gasteiger partial charge on any atom is -0.495 e. The number of rotatable bonds is 7. The Morgan fingerprint density at radius 2 is 2.11 bits per heavy atom. The van der Waals surface area contributed by atoms with Gasteiger partial charge in [0.1, 0.15) is 17.6 Å². The van der Waals surface area contributed by atoms with Crippen molar-refractivity contribution in [1.82, 2.24) is 19.9 Å². The molecule has 0 spiro atoms. The Morgan fingerprint density at radius 3 is 2.86 bits per heavy atom. The summed E-state index contributed by atoms with van der Waals surface area (Å²) in [6.45, 7) is 3.31. The summed E-state index contributed by atoms with van der Waals surface area (Å²) in [6, 6.07) is 8.57. The second-order valence-corrected chi connectivity index (χ2v) is 7.62. The first-order valence-electron chi connectivity index (χ1n) is 9.09. The molecule has 8 heteroatoms. The Kier molecular flexibility index (Phi) is 5.17. The summed E-state index contributed by atoms with van der Waals surface area (Å²) in [7, 11) is 3.57. The van der Waals surface area contributed by atoms with Gasteiger partial charge >= 0.3 is 0 Å². The first kappa shape index (κ1) is 18.7. The van der Waals surface area contributed by atoms with Gasteiger partial charge in [0, 0.05) is 30.6 Å². The van der Waals surface area contributed by atoms with E-state index in [2.05, 4.69) is 51.9 Å². The number of hydrogen-bond acceptors (Lipinski definition) is 7. The minimum atomic E-state index is 0.0996. The van der Waals surface area contributed by atoms with Gasteiger partial charge in [0.05, 0.1) is 24.1 Å². The van der Waals surface area contributed by atoms with E-state index in [1.165, 1.54) is 10.9 Å². The Balaban J connectivity index is 1.91. The topological polar surface area (TPSA) is 83.7 Å². The lowest BCUT2D eigenvalue weighted by Gasteiger charge is -2.06. The average Bonchev–Trinajstić information content (AvgIpc) is 3.29. The van der Waals surface area contributed by atoms with Crippen molar-refractivity contribution in [2.24, 2.45) is 0 Å². The molecule has 3 N–H and O–H groups in total. The predicted octanol–water partition coefficient (Wildman–Crippen LogP) is 3.05. The van der Waals surface area contributed by atoms with Crippen LogP contribution in [0.3, 0.4) is 0 Å². The van der Waals surface area contributed by atoms with E-state index in [0.717, 1.165) is 37.9 Å². The predicted molar refractivity (Wildman–Crippen MR) is 113 cm³/mol. The molecule has 146 valence electrons. The summed E-state index contributed by atoms with van der Waals surface area (Å²) in [5.41, 5.74) is 4.20. The van der Waals surface area contributed by atoms with Crippen LogP contribution < -0.4 is 15.4 Å². The number of nitrogens with one attached hydrogen (secondary N) is 2. The number of hydrogen-bond donors (Lipinski definition) is 3. The maximum absolute atomic E-state index is 9.06. The molecule has 0 unspecified atom stereocenters. The monoisotopic (exact) mass is 397 g/mol. The zero-order valence-electron chi connectivity index (χ0n) is 16.1. The molecule has 0 atom stereocenters. The summed E-state index contributed by atoms with van der Waals surface area (Å²) in [6.07, 6.45) is 1.55. The van der Waals surface area contributed by atoms with E-state index in [9.17, 15) is 0 Å². The quantitative estimate of drug-likeness (QED) is 0.416. The molecule has 28 heavy (non-hydrogen) atoms. The van der Waals surface area contributed by atoms with Crippen molar-refractivity contribution >= 4 is 32.8 Å². The lowest BCUT2D eigenvalue weighted by Crippen LogP contribution is -2.19. The number of benzene rings is 1. The lowest BCUT2D eigenvalue weighted by molar-refractivity contribution is 0.291. The van der Waals surface area contributed by atoms with Crippen molar-refractivity contribution in [2.45, 2.75) is 13.5 Å². The third kappa shape index (κ3) is 3.19. The van der Waals surface area contributed by atoms with Gasteiger partial charge < -0.3 is 20.5 Å². The van der Waals surface area contributed by atoms with Crippen LogP contribution in [0.25, 0.3) is 26.0 Å². The first-order valence-corrected chi connectivity index (χ1v) is 9.91. The van der Waals surface area contributed by atoms with E-state index < -0.39 is 0 Å². The van der Waals surface area contributed by atoms with Gasteiger partial charge in [0.15, 0.2) is 5.82 Å². The molecule has 7 nitrogen and oxygen atoms in total. The van der Waals surface area contributed by atoms with Crippen LogP contribution in [0, 0.1) is 6.92 Å². The number of aryl methyl sites for hydroxylation is 1. The number of methoxy groups -OCH3 is 1. The highest BCUT2D eigenvalue weighted by molar-refractivity contribution is 7.22. The van der Waals surface area contributed by atoms with Crippen LogP contribution in [0.4, 0.5) is 5.82 Å². The van der Waals surface area contributed by atoms with Crippen molar-refractivity contribution in [3.8, 4) is 16.2 Å². The molecular weight excluding hydrogens is 374 g/mol. The molecule has 4 aromatic rings. The van der Waals surface area contributed by atoms with Crippen LogP contribution in [0.2, 0.25) is 0 Å². The number of aliphatic hydroxyl groups excluding tert-OH is 1. The van der Waals surface area contributed by atoms with Crippen molar-refractivity contribution in [3.63, 3.8) is 0 Å². The lowest BCUT2D eigenvalue weighted by atomic mass is 10.1. The Morgan fingerprint density at radius 1 is 1.25 bits per heavy atom. The zero-order valence-corrected chi connectivity index (χ0v) is 16.9. The molecule has 0 aliphatic heterocycles. The Labute approximate surface area is 167 Å². The number of ether oxygens (including phenoxy) is 1. The van der Waals surface area contributed by atoms with Crippen LogP contribution in [0.5, 0.6) is 5.75 Å². The van der Waals surface area contributed by atoms with Crippen molar-refractivity contribution in [1.29, 1.82) is 0 Å². The second kappa shape index (κ2) is 7.75. The molecule has 0 amide bonds. The summed E-state index contributed by atoms with van der Waals surface area (Å²) in [5, 5.41) is 21.1. The number of aliphatic hydroxyl groups is 1. The van der Waals surface area contributed by atoms with E-state index >= 15 is 0 Å². The van der Waals surface area contributed by atoms with Crippen LogP contribution in [0.1, 0.15) is 11.3 Å². The van der Waals surface area contributed by atoms with Gasteiger partial charge in [0.25, 0.3) is 0 Å². The highest BCUT2D eigenvalue weighted by atomic mass is 32.1. The average molecular weight is 398 g/mol. The smallest absolute Gasteiger partial charge is 0.154 e. The summed E-state index contributed by atoms with van der Waals surface area (Å²) in [4.78, 5) is 5.53. The van der Waals surface area contributed by atoms with Crippen molar-refractivity contribution in [3.05, 3.63) is 41.9 Å². The van der Waals surface area contributed by atoms with Gasteiger partial charge in [-0.2, -0.15) is 5.10 Å². The molecule has 0 fully saturated rings. The molecule has 3 heterocycles. The summed E-state index contributed by atoms with van der Waals surface area (Å²) in [5.74, 6) is 1.67. The molecule has 3 aromatic heterocycles. The molecule has 0 bridgehead atoms. The molecule has 0 aliphatic carbocycles. The normalized spacial score (nSPS) is 11.4. The number of nitrogens with zero attached hydrogens (tertiary/aromatic N) is 3. The van der Waals surface area contributed by atoms with E-state index in [-0.39, 0.29) is 6.61 Å². The highest BCUT2D eigenvalue weighted by Gasteiger charge is 2.18. The maximum atomic E-state index is 9.06. The Hall–Kier alpha value is -2.68. The number of anilines is 1. The number of thiophene rings is 1. The summed E-state index contributed by atoms with van der Waals surface area (Å²) < 4.78 is 8.63. The van der Waals surface area contributed by atoms with E-state index in [4.69, 9.17) is 9.84 Å². The maximum Gasteiger partial charge on any atom is 0.154 e. The van der Waals surface area contributed by atoms with Gasteiger partial charge in [-0.3, -0.25) is 0 Å². The van der Waals surface area contributed by atoms with Gasteiger partial charge in [-0.1, -0.05) is 6.07 Å². The molecule has 0 saturated carbocycles. The van der Waals surface area contributed by atoms with Crippen LogP contribution in [0.15, 0.2) is 30.6 Å². The third-order valence-corrected chi connectivity index (χ3v) is 5.87.